The van der Waals surface area contributed by atoms with Crippen LogP contribution in [0.5, 0.6) is 0 Å². The molecular weight excluding hydrogens is 509 g/mol. The topological polar surface area (TPSA) is 56.3 Å². The molecule has 0 bridgehead atoms. The average Bonchev–Trinajstić information content (AvgIpc) is 2.78. The van der Waals surface area contributed by atoms with E-state index in [0.29, 0.717) is 43.0 Å². The Balaban J connectivity index is 0.00000481. The maximum Gasteiger partial charge on any atom is 1.00 e. The Kier molecular flexibility index (Phi) is 11.1. The Morgan fingerprint density at radius 3 is 2.08 bits per heavy atom. The standard InChI is InChI=1S/C26H30F6N2O2.Na/c1-16(2)3-10-22(21-9-8-20(15-33-21)26(30,31)32)34-12-11-17(14-24(35)36)13-23(34)18-4-6-19(7-5-18)25(27,28)29;/h4-9,15-17,22-23H,3,10-14H2,1-2H3,(H,35,36);/q;+1/p-1/t17-,22-,23+;/m1./s1. The van der Waals surface area contributed by atoms with Gasteiger partial charge in [0.05, 0.1) is 22.9 Å². The van der Waals surface area contributed by atoms with E-state index in [-0.39, 0.29) is 47.9 Å². The van der Waals surface area contributed by atoms with Crippen molar-refractivity contribution in [2.75, 3.05) is 6.54 Å². The summed E-state index contributed by atoms with van der Waals surface area (Å²) in [5.74, 6) is -1.12. The summed E-state index contributed by atoms with van der Waals surface area (Å²) in [6.07, 6.45) is -6.16. The first-order valence-electron chi connectivity index (χ1n) is 11.9. The molecule has 3 rings (SSSR count). The van der Waals surface area contributed by atoms with Crippen molar-refractivity contribution < 1.29 is 65.8 Å². The van der Waals surface area contributed by atoms with E-state index in [9.17, 15) is 36.2 Å². The van der Waals surface area contributed by atoms with Crippen LogP contribution in [0.3, 0.4) is 0 Å². The molecule has 0 radical (unpaired) electrons. The molecule has 198 valence electrons. The van der Waals surface area contributed by atoms with E-state index in [4.69, 9.17) is 0 Å². The van der Waals surface area contributed by atoms with Gasteiger partial charge >= 0.3 is 41.9 Å². The van der Waals surface area contributed by atoms with Gasteiger partial charge < -0.3 is 9.90 Å². The van der Waals surface area contributed by atoms with Crippen molar-refractivity contribution in [3.8, 4) is 0 Å². The molecule has 0 N–H and O–H groups in total. The Hall–Kier alpha value is -1.62. The van der Waals surface area contributed by atoms with Gasteiger partial charge in [0.1, 0.15) is 0 Å². The maximum absolute atomic E-state index is 13.1. The third-order valence-electron chi connectivity index (χ3n) is 6.70. The molecular formula is C26H29F6N2NaO2. The number of likely N-dealkylation sites (tertiary alicyclic amines) is 1. The molecule has 3 atom stereocenters. The number of carbonyl (C=O) groups excluding carboxylic acids is 1. The molecule has 0 amide bonds. The molecule has 0 spiro atoms. The number of benzene rings is 1. The second-order valence-corrected chi connectivity index (χ2v) is 9.80. The minimum atomic E-state index is -4.52. The SMILES string of the molecule is CC(C)CC[C@H](c1ccc(C(F)(F)F)cn1)N1CC[C@@H](CC(=O)[O-])C[C@H]1c1ccc(C(F)(F)F)cc1.[Na+]. The molecule has 4 nitrogen and oxygen atoms in total. The summed E-state index contributed by atoms with van der Waals surface area (Å²) in [5.41, 5.74) is -0.618. The summed E-state index contributed by atoms with van der Waals surface area (Å²) >= 11 is 0. The number of hydrogen-bond acceptors (Lipinski definition) is 4. The average molecular weight is 539 g/mol. The van der Waals surface area contributed by atoms with Crippen LogP contribution in [0.2, 0.25) is 0 Å². The number of halogens is 6. The van der Waals surface area contributed by atoms with Gasteiger partial charge in [-0.05, 0) is 80.3 Å². The first kappa shape index (κ1) is 31.6. The molecule has 11 heteroatoms. The number of aromatic nitrogens is 1. The van der Waals surface area contributed by atoms with E-state index < -0.39 is 35.5 Å². The van der Waals surface area contributed by atoms with Crippen LogP contribution < -0.4 is 34.7 Å². The minimum Gasteiger partial charge on any atom is -0.550 e. The molecule has 0 saturated carbocycles. The molecule has 1 saturated heterocycles. The van der Waals surface area contributed by atoms with E-state index in [0.717, 1.165) is 30.8 Å². The molecule has 2 heterocycles. The van der Waals surface area contributed by atoms with E-state index in [1.165, 1.54) is 18.2 Å². The zero-order valence-corrected chi connectivity index (χ0v) is 23.1. The van der Waals surface area contributed by atoms with Crippen LogP contribution in [0.4, 0.5) is 26.3 Å². The van der Waals surface area contributed by atoms with Crippen molar-refractivity contribution in [2.24, 2.45) is 11.8 Å². The minimum absolute atomic E-state index is 0. The van der Waals surface area contributed by atoms with Gasteiger partial charge in [-0.15, -0.1) is 0 Å². The first-order chi connectivity index (χ1) is 16.8. The molecule has 0 aliphatic carbocycles. The summed E-state index contributed by atoms with van der Waals surface area (Å²) in [7, 11) is 0. The molecule has 1 aromatic heterocycles. The number of pyridine rings is 1. The molecule has 1 aliphatic heterocycles. The number of aliphatic carboxylic acids is 1. The summed E-state index contributed by atoms with van der Waals surface area (Å²) in [4.78, 5) is 17.4. The molecule has 0 unspecified atom stereocenters. The van der Waals surface area contributed by atoms with Gasteiger partial charge in [0.15, 0.2) is 0 Å². The number of nitrogens with zero attached hydrogens (tertiary/aromatic N) is 2. The second kappa shape index (κ2) is 13.0. The van der Waals surface area contributed by atoms with Crippen LogP contribution in [-0.2, 0) is 17.1 Å². The number of rotatable bonds is 8. The largest absolute Gasteiger partial charge is 1.00 e. The summed E-state index contributed by atoms with van der Waals surface area (Å²) < 4.78 is 78.6. The number of carboxylic acid groups (broad SMARTS) is 1. The van der Waals surface area contributed by atoms with Crippen LogP contribution >= 0.6 is 0 Å². The Labute approximate surface area is 234 Å². The van der Waals surface area contributed by atoms with Gasteiger partial charge in [-0.1, -0.05) is 26.0 Å². The predicted molar refractivity (Wildman–Crippen MR) is 119 cm³/mol. The first-order valence-corrected chi connectivity index (χ1v) is 11.9. The van der Waals surface area contributed by atoms with Gasteiger partial charge in [0.2, 0.25) is 0 Å². The molecule has 2 aromatic rings. The monoisotopic (exact) mass is 538 g/mol. The molecule has 37 heavy (non-hydrogen) atoms. The van der Waals surface area contributed by atoms with Crippen LogP contribution in [-0.4, -0.2) is 22.4 Å². The molecule has 1 fully saturated rings. The van der Waals surface area contributed by atoms with E-state index >= 15 is 0 Å². The Bertz CT molecular complexity index is 1010. The van der Waals surface area contributed by atoms with Crippen molar-refractivity contribution >= 4 is 5.97 Å². The Morgan fingerprint density at radius 1 is 1.00 bits per heavy atom. The van der Waals surface area contributed by atoms with Gasteiger partial charge in [0, 0.05) is 18.2 Å². The third-order valence-corrected chi connectivity index (χ3v) is 6.70. The molecule has 1 aromatic carbocycles. The van der Waals surface area contributed by atoms with Crippen molar-refractivity contribution in [3.63, 3.8) is 0 Å². The fourth-order valence-corrected chi connectivity index (χ4v) is 4.82. The quantitative estimate of drug-likeness (QED) is 0.383. The summed E-state index contributed by atoms with van der Waals surface area (Å²) in [5, 5.41) is 11.2. The van der Waals surface area contributed by atoms with E-state index in [1.807, 2.05) is 18.7 Å². The number of hydrogen-bond donors (Lipinski definition) is 0. The van der Waals surface area contributed by atoms with E-state index in [2.05, 4.69) is 4.98 Å². The normalized spacial score (nSPS) is 19.9. The number of carbonyl (C=O) groups is 1. The van der Waals surface area contributed by atoms with Crippen molar-refractivity contribution in [2.45, 2.75) is 70.4 Å². The van der Waals surface area contributed by atoms with Crippen molar-refractivity contribution in [1.82, 2.24) is 9.88 Å². The zero-order valence-electron chi connectivity index (χ0n) is 21.1. The third kappa shape index (κ3) is 8.70. The van der Waals surface area contributed by atoms with Gasteiger partial charge in [-0.25, -0.2) is 0 Å². The molecule has 1 aliphatic rings. The number of carboxylic acids is 1. The number of piperidine rings is 1. The van der Waals surface area contributed by atoms with Crippen LogP contribution in [0.1, 0.15) is 80.4 Å². The van der Waals surface area contributed by atoms with Crippen molar-refractivity contribution in [1.29, 1.82) is 0 Å². The Morgan fingerprint density at radius 2 is 1.59 bits per heavy atom. The maximum atomic E-state index is 13.1. The van der Waals surface area contributed by atoms with Gasteiger partial charge in [-0.2, -0.15) is 26.3 Å². The van der Waals surface area contributed by atoms with Crippen LogP contribution in [0, 0.1) is 11.8 Å². The smallest absolute Gasteiger partial charge is 0.550 e. The summed E-state index contributed by atoms with van der Waals surface area (Å²) in [6, 6.07) is 6.30. The van der Waals surface area contributed by atoms with Gasteiger partial charge in [0.25, 0.3) is 0 Å². The number of alkyl halides is 6. The fraction of sp³-hybridized carbons (Fsp3) is 0.538. The van der Waals surface area contributed by atoms with Crippen molar-refractivity contribution in [3.05, 3.63) is 65.0 Å². The van der Waals surface area contributed by atoms with Gasteiger partial charge in [-0.3, -0.25) is 9.88 Å². The fourth-order valence-electron chi connectivity index (χ4n) is 4.82. The predicted octanol–water partition coefficient (Wildman–Crippen LogP) is 3.19. The second-order valence-electron chi connectivity index (χ2n) is 9.80. The zero-order chi connectivity index (χ0) is 26.7. The van der Waals surface area contributed by atoms with E-state index in [1.54, 1.807) is 0 Å². The van der Waals surface area contributed by atoms with Crippen LogP contribution in [0.25, 0.3) is 0 Å². The van der Waals surface area contributed by atoms with Crippen LogP contribution in [0.15, 0.2) is 42.6 Å². The summed E-state index contributed by atoms with van der Waals surface area (Å²) in [6.45, 7) is 4.47.